The van der Waals surface area contributed by atoms with Crippen LogP contribution in [0.25, 0.3) is 0 Å². The van der Waals surface area contributed by atoms with Crippen molar-refractivity contribution in [2.75, 3.05) is 0 Å². The van der Waals surface area contributed by atoms with Gasteiger partial charge in [-0.1, -0.05) is 45.2 Å². The number of hydrazine groups is 1. The number of halogens is 4. The van der Waals surface area contributed by atoms with Crippen LogP contribution in [-0.4, -0.2) is 0 Å². The predicted molar refractivity (Wildman–Crippen MR) is 84.3 cm³/mol. The lowest BCUT2D eigenvalue weighted by Crippen LogP contribution is -2.30. The van der Waals surface area contributed by atoms with Gasteiger partial charge >= 0.3 is 0 Å². The molecular weight excluding hydrogens is 366 g/mol. The van der Waals surface area contributed by atoms with Crippen LogP contribution in [0.1, 0.15) is 17.2 Å². The van der Waals surface area contributed by atoms with E-state index in [1.807, 2.05) is 0 Å². The molecule has 3 N–H and O–H groups in total. The highest BCUT2D eigenvalue weighted by Gasteiger charge is 2.19. The Hall–Kier alpha value is -0.650. The Labute approximate surface area is 135 Å². The van der Waals surface area contributed by atoms with Crippen molar-refractivity contribution in [1.82, 2.24) is 5.43 Å². The Kier molecular flexibility index (Phi) is 5.41. The number of benzene rings is 2. The van der Waals surface area contributed by atoms with Gasteiger partial charge in [0.25, 0.3) is 0 Å². The molecule has 2 rings (SSSR count). The summed E-state index contributed by atoms with van der Waals surface area (Å²) in [5, 5.41) is 0.992. The van der Waals surface area contributed by atoms with Gasteiger partial charge in [0.05, 0.1) is 6.04 Å². The van der Waals surface area contributed by atoms with Gasteiger partial charge < -0.3 is 0 Å². The molecule has 2 nitrogen and oxygen atoms in total. The van der Waals surface area contributed by atoms with Crippen LogP contribution in [-0.2, 0) is 6.42 Å². The number of nitrogens with two attached hydrogens (primary N) is 1. The van der Waals surface area contributed by atoms with E-state index in [1.54, 1.807) is 30.3 Å². The topological polar surface area (TPSA) is 38.0 Å². The third-order valence-electron chi connectivity index (χ3n) is 2.98. The molecule has 0 bridgehead atoms. The molecule has 0 aliphatic heterocycles. The number of rotatable bonds is 4. The number of nitrogens with one attached hydrogen (secondary N) is 1. The average Bonchev–Trinajstić information content (AvgIpc) is 2.41. The van der Waals surface area contributed by atoms with Crippen LogP contribution in [0, 0.1) is 5.82 Å². The van der Waals surface area contributed by atoms with Crippen LogP contribution >= 0.6 is 39.1 Å². The molecule has 0 saturated heterocycles. The molecule has 0 amide bonds. The first kappa shape index (κ1) is 15.7. The first-order valence-corrected chi connectivity index (χ1v) is 7.41. The van der Waals surface area contributed by atoms with Gasteiger partial charge in [-0.25, -0.2) is 4.39 Å². The van der Waals surface area contributed by atoms with Crippen molar-refractivity contribution in [2.24, 2.45) is 5.84 Å². The van der Waals surface area contributed by atoms with Crippen molar-refractivity contribution < 1.29 is 4.39 Å². The lowest BCUT2D eigenvalue weighted by Gasteiger charge is -2.19. The van der Waals surface area contributed by atoms with Crippen molar-refractivity contribution in [3.63, 3.8) is 0 Å². The zero-order valence-corrected chi connectivity index (χ0v) is 13.4. The maximum atomic E-state index is 13.8. The summed E-state index contributed by atoms with van der Waals surface area (Å²) in [5.74, 6) is 5.28. The zero-order valence-electron chi connectivity index (χ0n) is 10.3. The number of hydrogen-bond acceptors (Lipinski definition) is 2. The van der Waals surface area contributed by atoms with E-state index in [4.69, 9.17) is 29.0 Å². The molecule has 2 aromatic carbocycles. The van der Waals surface area contributed by atoms with Gasteiger partial charge in [0, 0.05) is 20.1 Å². The summed E-state index contributed by atoms with van der Waals surface area (Å²) in [5.41, 5.74) is 3.84. The normalized spacial score (nSPS) is 12.4. The molecule has 0 spiro atoms. The van der Waals surface area contributed by atoms with E-state index >= 15 is 0 Å². The molecule has 6 heteroatoms. The van der Waals surface area contributed by atoms with E-state index in [9.17, 15) is 4.39 Å². The fourth-order valence-corrected chi connectivity index (χ4v) is 3.08. The largest absolute Gasteiger partial charge is 0.271 e. The Morgan fingerprint density at radius 3 is 2.45 bits per heavy atom. The van der Waals surface area contributed by atoms with E-state index in [-0.39, 0.29) is 11.9 Å². The highest BCUT2D eigenvalue weighted by Crippen LogP contribution is 2.32. The van der Waals surface area contributed by atoms with E-state index in [2.05, 4.69) is 21.4 Å². The van der Waals surface area contributed by atoms with Crippen molar-refractivity contribution >= 4 is 39.1 Å². The molecular formula is C14H12BrCl2FN2. The molecule has 0 heterocycles. The molecule has 0 aliphatic rings. The summed E-state index contributed by atoms with van der Waals surface area (Å²) in [4.78, 5) is 0. The Morgan fingerprint density at radius 1 is 1.20 bits per heavy atom. The van der Waals surface area contributed by atoms with Gasteiger partial charge in [0.2, 0.25) is 0 Å². The Morgan fingerprint density at radius 2 is 1.85 bits per heavy atom. The average molecular weight is 378 g/mol. The van der Waals surface area contributed by atoms with Crippen LogP contribution in [0.4, 0.5) is 4.39 Å². The Balaban J connectivity index is 2.36. The summed E-state index contributed by atoms with van der Waals surface area (Å²) < 4.78 is 14.6. The van der Waals surface area contributed by atoms with Gasteiger partial charge in [-0.15, -0.1) is 0 Å². The lowest BCUT2D eigenvalue weighted by molar-refractivity contribution is 0.529. The van der Waals surface area contributed by atoms with Crippen molar-refractivity contribution in [2.45, 2.75) is 12.5 Å². The highest BCUT2D eigenvalue weighted by molar-refractivity contribution is 9.10. The summed E-state index contributed by atoms with van der Waals surface area (Å²) >= 11 is 15.6. The van der Waals surface area contributed by atoms with Gasteiger partial charge in [0.15, 0.2) is 0 Å². The fraction of sp³-hybridized carbons (Fsp3) is 0.143. The summed E-state index contributed by atoms with van der Waals surface area (Å²) in [6.45, 7) is 0. The molecule has 0 aromatic heterocycles. The standard InChI is InChI=1S/C14H12BrCl2FN2/c15-9-4-5-12(18)8(6-9)7-13(20-19)14-10(16)2-1-3-11(14)17/h1-6,13,20H,7,19H2. The van der Waals surface area contributed by atoms with Crippen LogP contribution in [0.3, 0.4) is 0 Å². The molecule has 0 aliphatic carbocycles. The van der Waals surface area contributed by atoms with Crippen LogP contribution in [0.2, 0.25) is 10.0 Å². The van der Waals surface area contributed by atoms with E-state index in [1.165, 1.54) is 6.07 Å². The second kappa shape index (κ2) is 6.87. The monoisotopic (exact) mass is 376 g/mol. The van der Waals surface area contributed by atoms with Gasteiger partial charge in [-0.2, -0.15) is 0 Å². The first-order chi connectivity index (χ1) is 9.52. The minimum Gasteiger partial charge on any atom is -0.271 e. The molecule has 106 valence electrons. The minimum atomic E-state index is -0.375. The fourth-order valence-electron chi connectivity index (χ4n) is 2.01. The second-order valence-electron chi connectivity index (χ2n) is 4.29. The first-order valence-electron chi connectivity index (χ1n) is 5.87. The van der Waals surface area contributed by atoms with Gasteiger partial charge in [-0.05, 0) is 42.3 Å². The number of hydrogen-bond donors (Lipinski definition) is 2. The smallest absolute Gasteiger partial charge is 0.126 e. The van der Waals surface area contributed by atoms with E-state index in [0.29, 0.717) is 27.6 Å². The zero-order chi connectivity index (χ0) is 14.7. The molecule has 0 fully saturated rings. The Bertz CT molecular complexity index is 602. The third kappa shape index (κ3) is 3.51. The molecule has 0 saturated carbocycles. The van der Waals surface area contributed by atoms with Crippen LogP contribution in [0.5, 0.6) is 0 Å². The van der Waals surface area contributed by atoms with Gasteiger partial charge in [0.1, 0.15) is 5.82 Å². The van der Waals surface area contributed by atoms with Gasteiger partial charge in [-0.3, -0.25) is 11.3 Å². The predicted octanol–water partition coefficient (Wildman–Crippen LogP) is 4.64. The maximum Gasteiger partial charge on any atom is 0.126 e. The quantitative estimate of drug-likeness (QED) is 0.601. The summed E-state index contributed by atoms with van der Waals surface area (Å²) in [6, 6.07) is 9.59. The molecule has 1 unspecified atom stereocenters. The van der Waals surface area contributed by atoms with Crippen molar-refractivity contribution in [1.29, 1.82) is 0 Å². The van der Waals surface area contributed by atoms with Crippen molar-refractivity contribution in [3.8, 4) is 0 Å². The van der Waals surface area contributed by atoms with Crippen LogP contribution in [0.15, 0.2) is 40.9 Å². The summed E-state index contributed by atoms with van der Waals surface area (Å²) in [7, 11) is 0. The third-order valence-corrected chi connectivity index (χ3v) is 4.13. The lowest BCUT2D eigenvalue weighted by atomic mass is 9.99. The summed E-state index contributed by atoms with van der Waals surface area (Å²) in [6.07, 6.45) is 0.339. The molecule has 1 atom stereocenters. The second-order valence-corrected chi connectivity index (χ2v) is 6.02. The van der Waals surface area contributed by atoms with E-state index < -0.39 is 0 Å². The molecule has 0 radical (unpaired) electrons. The van der Waals surface area contributed by atoms with Crippen molar-refractivity contribution in [3.05, 3.63) is 67.9 Å². The van der Waals surface area contributed by atoms with Crippen LogP contribution < -0.4 is 11.3 Å². The minimum absolute atomic E-state index is 0.295. The maximum absolute atomic E-state index is 13.8. The molecule has 2 aromatic rings. The van der Waals surface area contributed by atoms with E-state index in [0.717, 1.165) is 4.47 Å². The molecule has 20 heavy (non-hydrogen) atoms. The highest BCUT2D eigenvalue weighted by atomic mass is 79.9. The SMILES string of the molecule is NNC(Cc1cc(Br)ccc1F)c1c(Cl)cccc1Cl.